The standard InChI is InChI=1S/C22H25FN8O/c1-3-13-4-5-14(8-24)31(13)21-18-16-6-12(23)7-17(25-2)19(16)28-20(18)29-22(30-21)32-15-9-26-11-27-10-15/h6-7,9-11,13-14,25H,3-5,8,24H2,1-2H3,(H,28,29,30). The van der Waals surface area contributed by atoms with Crippen LogP contribution in [0, 0.1) is 5.82 Å². The van der Waals surface area contributed by atoms with E-state index in [1.54, 1.807) is 19.4 Å². The zero-order valence-corrected chi connectivity index (χ0v) is 18.0. The predicted molar refractivity (Wildman–Crippen MR) is 122 cm³/mol. The van der Waals surface area contributed by atoms with Gasteiger partial charge in [0.2, 0.25) is 0 Å². The Hall–Kier alpha value is -3.53. The monoisotopic (exact) mass is 436 g/mol. The molecule has 0 saturated carbocycles. The van der Waals surface area contributed by atoms with E-state index in [0.29, 0.717) is 34.8 Å². The minimum absolute atomic E-state index is 0.133. The van der Waals surface area contributed by atoms with Crippen LogP contribution < -0.4 is 20.7 Å². The topological polar surface area (TPSA) is 118 Å². The molecule has 0 bridgehead atoms. The van der Waals surface area contributed by atoms with Crippen molar-refractivity contribution in [3.8, 4) is 11.8 Å². The summed E-state index contributed by atoms with van der Waals surface area (Å²) in [5.41, 5.74) is 8.10. The van der Waals surface area contributed by atoms with Gasteiger partial charge in [0.15, 0.2) is 5.75 Å². The maximum absolute atomic E-state index is 14.5. The Balaban J connectivity index is 1.78. The third-order valence-electron chi connectivity index (χ3n) is 6.11. The molecule has 1 saturated heterocycles. The molecule has 0 spiro atoms. The molecule has 4 aromatic rings. The summed E-state index contributed by atoms with van der Waals surface area (Å²) in [5.74, 6) is 0.791. The number of nitrogens with one attached hydrogen (secondary N) is 2. The van der Waals surface area contributed by atoms with Gasteiger partial charge in [0, 0.05) is 31.1 Å². The molecule has 2 atom stereocenters. The summed E-state index contributed by atoms with van der Waals surface area (Å²) in [6, 6.07) is 3.54. The zero-order valence-electron chi connectivity index (χ0n) is 18.0. The van der Waals surface area contributed by atoms with E-state index in [4.69, 9.17) is 15.5 Å². The molecule has 5 rings (SSSR count). The average Bonchev–Trinajstić information content (AvgIpc) is 3.39. The molecule has 0 amide bonds. The Labute approximate surface area is 184 Å². The number of rotatable bonds is 6. The van der Waals surface area contributed by atoms with Crippen LogP contribution in [0.15, 0.2) is 30.9 Å². The van der Waals surface area contributed by atoms with Crippen LogP contribution >= 0.6 is 0 Å². The summed E-state index contributed by atoms with van der Waals surface area (Å²) >= 11 is 0. The first-order chi connectivity index (χ1) is 15.6. The van der Waals surface area contributed by atoms with Crippen molar-refractivity contribution in [1.29, 1.82) is 0 Å². The maximum Gasteiger partial charge on any atom is 0.326 e. The molecule has 32 heavy (non-hydrogen) atoms. The van der Waals surface area contributed by atoms with E-state index in [-0.39, 0.29) is 23.9 Å². The molecule has 10 heteroatoms. The van der Waals surface area contributed by atoms with Gasteiger partial charge in [-0.3, -0.25) is 0 Å². The number of benzene rings is 1. The summed E-state index contributed by atoms with van der Waals surface area (Å²) in [6.45, 7) is 2.66. The molecule has 2 unspecified atom stereocenters. The Kier molecular flexibility index (Phi) is 5.22. The van der Waals surface area contributed by atoms with Crippen molar-refractivity contribution in [3.05, 3.63) is 36.7 Å². The number of ether oxygens (including phenoxy) is 1. The molecule has 4 N–H and O–H groups in total. The average molecular weight is 436 g/mol. The molecule has 4 heterocycles. The van der Waals surface area contributed by atoms with Crippen molar-refractivity contribution in [2.75, 3.05) is 23.8 Å². The fraction of sp³-hybridized carbons (Fsp3) is 0.364. The first-order valence-electron chi connectivity index (χ1n) is 10.7. The number of nitrogens with zero attached hydrogens (tertiary/aromatic N) is 5. The lowest BCUT2D eigenvalue weighted by molar-refractivity contribution is 0.438. The lowest BCUT2D eigenvalue weighted by Gasteiger charge is -2.31. The maximum atomic E-state index is 14.5. The number of hydrogen-bond donors (Lipinski definition) is 3. The van der Waals surface area contributed by atoms with Gasteiger partial charge in [-0.1, -0.05) is 6.92 Å². The van der Waals surface area contributed by atoms with Crippen molar-refractivity contribution in [3.63, 3.8) is 0 Å². The van der Waals surface area contributed by atoms with Crippen LogP contribution in [0.5, 0.6) is 11.8 Å². The quantitative estimate of drug-likeness (QED) is 0.420. The summed E-state index contributed by atoms with van der Waals surface area (Å²) in [6.07, 6.45) is 7.46. The molecule has 166 valence electrons. The number of halogens is 1. The van der Waals surface area contributed by atoms with E-state index < -0.39 is 0 Å². The lowest BCUT2D eigenvalue weighted by atomic mass is 10.1. The third-order valence-corrected chi connectivity index (χ3v) is 6.11. The Bertz CT molecular complexity index is 1250. The molecule has 3 aromatic heterocycles. The van der Waals surface area contributed by atoms with Gasteiger partial charge in [-0.2, -0.15) is 9.97 Å². The van der Waals surface area contributed by atoms with Crippen LogP contribution in [0.25, 0.3) is 21.9 Å². The van der Waals surface area contributed by atoms with Gasteiger partial charge in [0.25, 0.3) is 0 Å². The molecule has 0 radical (unpaired) electrons. The van der Waals surface area contributed by atoms with E-state index in [9.17, 15) is 4.39 Å². The second-order valence-electron chi connectivity index (χ2n) is 7.92. The first-order valence-corrected chi connectivity index (χ1v) is 10.7. The Morgan fingerprint density at radius 3 is 2.72 bits per heavy atom. The van der Waals surface area contributed by atoms with Crippen LogP contribution in [0.1, 0.15) is 26.2 Å². The van der Waals surface area contributed by atoms with E-state index in [2.05, 4.69) is 37.1 Å². The molecule has 0 aliphatic carbocycles. The number of aromatic amines is 1. The van der Waals surface area contributed by atoms with E-state index in [0.717, 1.165) is 30.2 Å². The SMILES string of the molecule is CCC1CCC(CN)N1c1nc(Oc2cncnc2)nc2[nH]c3c(NC)cc(F)cc3c12. The highest BCUT2D eigenvalue weighted by atomic mass is 19.1. The number of fused-ring (bicyclic) bond motifs is 3. The minimum atomic E-state index is -0.334. The summed E-state index contributed by atoms with van der Waals surface area (Å²) < 4.78 is 20.4. The van der Waals surface area contributed by atoms with Gasteiger partial charge in [0.05, 0.1) is 29.0 Å². The van der Waals surface area contributed by atoms with Gasteiger partial charge >= 0.3 is 6.01 Å². The van der Waals surface area contributed by atoms with Gasteiger partial charge in [-0.15, -0.1) is 0 Å². The van der Waals surface area contributed by atoms with Crippen molar-refractivity contribution < 1.29 is 9.13 Å². The molecular formula is C22H25FN8O. The smallest absolute Gasteiger partial charge is 0.326 e. The van der Waals surface area contributed by atoms with Crippen molar-refractivity contribution in [1.82, 2.24) is 24.9 Å². The molecule has 1 fully saturated rings. The highest BCUT2D eigenvalue weighted by Gasteiger charge is 2.35. The van der Waals surface area contributed by atoms with Gasteiger partial charge in [-0.25, -0.2) is 14.4 Å². The normalized spacial score (nSPS) is 18.6. The molecule has 1 aliphatic rings. The largest absolute Gasteiger partial charge is 0.421 e. The number of hydrogen-bond acceptors (Lipinski definition) is 8. The fourth-order valence-corrected chi connectivity index (χ4v) is 4.64. The van der Waals surface area contributed by atoms with Gasteiger partial charge in [0.1, 0.15) is 23.6 Å². The number of nitrogens with two attached hydrogens (primary N) is 1. The first kappa shape index (κ1) is 20.4. The number of H-pyrrole nitrogens is 1. The highest BCUT2D eigenvalue weighted by Crippen LogP contribution is 2.41. The van der Waals surface area contributed by atoms with Gasteiger partial charge in [-0.05, 0) is 31.4 Å². The van der Waals surface area contributed by atoms with Crippen LogP contribution in [-0.2, 0) is 0 Å². The van der Waals surface area contributed by atoms with Crippen LogP contribution in [0.3, 0.4) is 0 Å². The van der Waals surface area contributed by atoms with Crippen LogP contribution in [0.4, 0.5) is 15.9 Å². The summed E-state index contributed by atoms with van der Waals surface area (Å²) in [7, 11) is 1.76. The van der Waals surface area contributed by atoms with Crippen molar-refractivity contribution >= 4 is 33.4 Å². The van der Waals surface area contributed by atoms with E-state index in [1.165, 1.54) is 18.5 Å². The summed E-state index contributed by atoms with van der Waals surface area (Å²) in [5, 5.41) is 4.52. The van der Waals surface area contributed by atoms with E-state index >= 15 is 0 Å². The van der Waals surface area contributed by atoms with Crippen molar-refractivity contribution in [2.24, 2.45) is 5.73 Å². The molecule has 1 aliphatic heterocycles. The molecular weight excluding hydrogens is 411 g/mol. The highest BCUT2D eigenvalue weighted by molar-refractivity contribution is 6.14. The van der Waals surface area contributed by atoms with Crippen LogP contribution in [-0.4, -0.2) is 50.6 Å². The molecule has 9 nitrogen and oxygen atoms in total. The van der Waals surface area contributed by atoms with Crippen LogP contribution in [0.2, 0.25) is 0 Å². The Morgan fingerprint density at radius 2 is 2.00 bits per heavy atom. The Morgan fingerprint density at radius 1 is 1.22 bits per heavy atom. The third kappa shape index (κ3) is 3.36. The number of anilines is 2. The second-order valence-corrected chi connectivity index (χ2v) is 7.92. The molecule has 1 aromatic carbocycles. The summed E-state index contributed by atoms with van der Waals surface area (Å²) in [4.78, 5) is 23.0. The van der Waals surface area contributed by atoms with Gasteiger partial charge < -0.3 is 25.7 Å². The van der Waals surface area contributed by atoms with Crippen molar-refractivity contribution in [2.45, 2.75) is 38.3 Å². The number of aromatic nitrogens is 5. The fourth-order valence-electron chi connectivity index (χ4n) is 4.64. The predicted octanol–water partition coefficient (Wildman–Crippen LogP) is 3.58. The minimum Gasteiger partial charge on any atom is -0.421 e. The van der Waals surface area contributed by atoms with E-state index in [1.807, 2.05) is 0 Å². The lowest BCUT2D eigenvalue weighted by Crippen LogP contribution is -2.40. The second kappa shape index (κ2) is 8.19. The zero-order chi connectivity index (χ0) is 22.2.